The average Bonchev–Trinajstić information content (AvgIpc) is 2.45. The van der Waals surface area contributed by atoms with Gasteiger partial charge in [-0.2, -0.15) is 0 Å². The van der Waals surface area contributed by atoms with Crippen LogP contribution in [0.1, 0.15) is 58.8 Å². The molecule has 2 rings (SSSR count). The van der Waals surface area contributed by atoms with E-state index in [1.165, 1.54) is 19.3 Å². The van der Waals surface area contributed by atoms with Gasteiger partial charge in [0.2, 0.25) is 0 Å². The number of rotatable bonds is 4. The summed E-state index contributed by atoms with van der Waals surface area (Å²) in [5.74, 6) is 1.51. The van der Waals surface area contributed by atoms with E-state index in [1.807, 2.05) is 0 Å². The van der Waals surface area contributed by atoms with Crippen LogP contribution in [0.5, 0.6) is 0 Å². The van der Waals surface area contributed by atoms with Gasteiger partial charge in [0.15, 0.2) is 5.78 Å². The molecule has 2 atom stereocenters. The van der Waals surface area contributed by atoms with Crippen molar-refractivity contribution in [1.82, 2.24) is 0 Å². The zero-order valence-electron chi connectivity index (χ0n) is 12.3. The number of carbonyl (C=O) groups excluding carboxylic acids is 1. The van der Waals surface area contributed by atoms with E-state index in [0.29, 0.717) is 11.7 Å². The molecule has 2 aliphatic rings. The predicted octanol–water partition coefficient (Wildman–Crippen LogP) is 4.99. The molecule has 0 aromatic rings. The van der Waals surface area contributed by atoms with Gasteiger partial charge in [-0.15, -0.1) is 0 Å². The van der Waals surface area contributed by atoms with Crippen LogP contribution in [-0.4, -0.2) is 5.78 Å². The molecule has 0 aliphatic heterocycles. The van der Waals surface area contributed by atoms with Crippen LogP contribution in [0.4, 0.5) is 0 Å². The lowest BCUT2D eigenvalue weighted by molar-refractivity contribution is -0.115. The third kappa shape index (κ3) is 3.46. The molecule has 1 heteroatoms. The number of allylic oxidation sites excluding steroid dienone is 6. The Labute approximate surface area is 117 Å². The molecule has 0 fully saturated rings. The van der Waals surface area contributed by atoms with Crippen LogP contribution in [0, 0.1) is 11.8 Å². The Kier molecular flexibility index (Phi) is 5.18. The van der Waals surface area contributed by atoms with Crippen LogP contribution in [0.25, 0.3) is 0 Å². The normalized spacial score (nSPS) is 28.4. The van der Waals surface area contributed by atoms with Crippen molar-refractivity contribution in [3.05, 3.63) is 35.5 Å². The van der Waals surface area contributed by atoms with Gasteiger partial charge < -0.3 is 0 Å². The van der Waals surface area contributed by atoms with E-state index < -0.39 is 0 Å². The maximum atomic E-state index is 11.7. The Morgan fingerprint density at radius 1 is 1.05 bits per heavy atom. The molecule has 0 radical (unpaired) electrons. The minimum Gasteiger partial charge on any atom is -0.295 e. The molecule has 2 aliphatic carbocycles. The second kappa shape index (κ2) is 6.88. The van der Waals surface area contributed by atoms with E-state index >= 15 is 0 Å². The Hall–Kier alpha value is -1.11. The second-order valence-electron chi connectivity index (χ2n) is 5.74. The summed E-state index contributed by atoms with van der Waals surface area (Å²) in [6.07, 6.45) is 16.2. The SMILES string of the molecule is CCC(=C(CC)C1CC=CC(=O)C1)C1CC=CCC1. The number of hydrogen-bond donors (Lipinski definition) is 0. The van der Waals surface area contributed by atoms with E-state index in [0.717, 1.165) is 31.6 Å². The summed E-state index contributed by atoms with van der Waals surface area (Å²) in [5.41, 5.74) is 3.24. The minimum atomic E-state index is 0.307. The quantitative estimate of drug-likeness (QED) is 0.649. The first-order valence-corrected chi connectivity index (χ1v) is 7.82. The summed E-state index contributed by atoms with van der Waals surface area (Å²) in [4.78, 5) is 11.7. The van der Waals surface area contributed by atoms with Crippen LogP contribution in [0.15, 0.2) is 35.5 Å². The molecule has 19 heavy (non-hydrogen) atoms. The molecule has 1 nitrogen and oxygen atoms in total. The van der Waals surface area contributed by atoms with Crippen LogP contribution in [-0.2, 0) is 4.79 Å². The fourth-order valence-electron chi connectivity index (χ4n) is 3.69. The Morgan fingerprint density at radius 3 is 2.32 bits per heavy atom. The molecule has 0 heterocycles. The maximum Gasteiger partial charge on any atom is 0.155 e. The molecule has 0 N–H and O–H groups in total. The number of carbonyl (C=O) groups is 1. The molecule has 0 amide bonds. The molecule has 0 saturated carbocycles. The van der Waals surface area contributed by atoms with E-state index in [1.54, 1.807) is 17.2 Å². The molecule has 0 aromatic heterocycles. The second-order valence-corrected chi connectivity index (χ2v) is 5.74. The van der Waals surface area contributed by atoms with Crippen molar-refractivity contribution in [3.8, 4) is 0 Å². The van der Waals surface area contributed by atoms with E-state index in [4.69, 9.17) is 0 Å². The highest BCUT2D eigenvalue weighted by Gasteiger charge is 2.24. The van der Waals surface area contributed by atoms with E-state index in [-0.39, 0.29) is 0 Å². The highest BCUT2D eigenvalue weighted by molar-refractivity contribution is 5.90. The van der Waals surface area contributed by atoms with Gasteiger partial charge in [-0.05, 0) is 56.4 Å². The van der Waals surface area contributed by atoms with Gasteiger partial charge in [0.05, 0.1) is 0 Å². The third-order valence-corrected chi connectivity index (χ3v) is 4.60. The molecular weight excluding hydrogens is 232 g/mol. The molecule has 0 bridgehead atoms. The zero-order valence-corrected chi connectivity index (χ0v) is 12.3. The fraction of sp³-hybridized carbons (Fsp3) is 0.611. The predicted molar refractivity (Wildman–Crippen MR) is 81.0 cm³/mol. The van der Waals surface area contributed by atoms with Gasteiger partial charge in [-0.3, -0.25) is 4.79 Å². The monoisotopic (exact) mass is 258 g/mol. The highest BCUT2D eigenvalue weighted by atomic mass is 16.1. The molecule has 0 saturated heterocycles. The summed E-state index contributed by atoms with van der Waals surface area (Å²) < 4.78 is 0. The standard InChI is InChI=1S/C18H26O/c1-3-17(14-9-6-5-7-10-14)18(4-2)15-11-8-12-16(19)13-15/h5-6,8,12,14-15H,3-4,7,9-11,13H2,1-2H3. The van der Waals surface area contributed by atoms with Gasteiger partial charge >= 0.3 is 0 Å². The first kappa shape index (κ1) is 14.3. The van der Waals surface area contributed by atoms with Crippen molar-refractivity contribution in [2.75, 3.05) is 0 Å². The Morgan fingerprint density at radius 2 is 1.74 bits per heavy atom. The lowest BCUT2D eigenvalue weighted by Gasteiger charge is -2.29. The lowest BCUT2D eigenvalue weighted by Crippen LogP contribution is -2.17. The Balaban J connectivity index is 2.24. The van der Waals surface area contributed by atoms with Gasteiger partial charge in [0.1, 0.15) is 0 Å². The lowest BCUT2D eigenvalue weighted by atomic mass is 9.76. The maximum absolute atomic E-state index is 11.7. The average molecular weight is 258 g/mol. The minimum absolute atomic E-state index is 0.307. The number of ketones is 1. The summed E-state index contributed by atoms with van der Waals surface area (Å²) >= 11 is 0. The van der Waals surface area contributed by atoms with Crippen molar-refractivity contribution in [3.63, 3.8) is 0 Å². The van der Waals surface area contributed by atoms with Crippen molar-refractivity contribution in [1.29, 1.82) is 0 Å². The van der Waals surface area contributed by atoms with Crippen molar-refractivity contribution < 1.29 is 4.79 Å². The van der Waals surface area contributed by atoms with Crippen molar-refractivity contribution in [2.24, 2.45) is 11.8 Å². The fourth-order valence-corrected chi connectivity index (χ4v) is 3.69. The van der Waals surface area contributed by atoms with Gasteiger partial charge in [-0.1, -0.05) is 43.2 Å². The van der Waals surface area contributed by atoms with Crippen LogP contribution >= 0.6 is 0 Å². The molecular formula is C18H26O. The first-order valence-electron chi connectivity index (χ1n) is 7.82. The largest absolute Gasteiger partial charge is 0.295 e. The first-order chi connectivity index (χ1) is 9.26. The van der Waals surface area contributed by atoms with Crippen molar-refractivity contribution >= 4 is 5.78 Å². The Bertz CT molecular complexity index is 411. The number of hydrogen-bond acceptors (Lipinski definition) is 1. The molecule has 104 valence electrons. The summed E-state index contributed by atoms with van der Waals surface area (Å²) in [6.45, 7) is 4.54. The molecule has 2 unspecified atom stereocenters. The van der Waals surface area contributed by atoms with Gasteiger partial charge in [0.25, 0.3) is 0 Å². The van der Waals surface area contributed by atoms with Crippen LogP contribution < -0.4 is 0 Å². The van der Waals surface area contributed by atoms with Crippen LogP contribution in [0.3, 0.4) is 0 Å². The van der Waals surface area contributed by atoms with Crippen molar-refractivity contribution in [2.45, 2.75) is 58.8 Å². The third-order valence-electron chi connectivity index (χ3n) is 4.60. The highest BCUT2D eigenvalue weighted by Crippen LogP contribution is 2.36. The van der Waals surface area contributed by atoms with Gasteiger partial charge in [-0.25, -0.2) is 0 Å². The summed E-state index contributed by atoms with van der Waals surface area (Å²) in [6, 6.07) is 0. The summed E-state index contributed by atoms with van der Waals surface area (Å²) in [7, 11) is 0. The summed E-state index contributed by atoms with van der Waals surface area (Å²) in [5, 5.41) is 0. The smallest absolute Gasteiger partial charge is 0.155 e. The zero-order chi connectivity index (χ0) is 13.7. The molecule has 0 aromatic carbocycles. The van der Waals surface area contributed by atoms with Crippen LogP contribution in [0.2, 0.25) is 0 Å². The molecule has 0 spiro atoms. The van der Waals surface area contributed by atoms with E-state index in [2.05, 4.69) is 32.1 Å². The topological polar surface area (TPSA) is 17.1 Å². The van der Waals surface area contributed by atoms with Gasteiger partial charge in [0, 0.05) is 6.42 Å². The van der Waals surface area contributed by atoms with E-state index in [9.17, 15) is 4.79 Å².